The quantitative estimate of drug-likeness (QED) is 0.732. The van der Waals surface area contributed by atoms with Gasteiger partial charge in [-0.05, 0) is 43.5 Å². The van der Waals surface area contributed by atoms with Crippen molar-refractivity contribution >= 4 is 11.7 Å². The molecule has 5 nitrogen and oxygen atoms in total. The Morgan fingerprint density at radius 2 is 1.83 bits per heavy atom. The molecule has 0 atom stereocenters. The first-order valence-corrected chi connectivity index (χ1v) is 7.95. The topological polar surface area (TPSA) is 59.6 Å². The summed E-state index contributed by atoms with van der Waals surface area (Å²) in [5, 5.41) is 5.20. The molecule has 134 valence electrons. The van der Waals surface area contributed by atoms with Crippen LogP contribution < -0.4 is 15.4 Å². The molecule has 0 heterocycles. The Bertz CT molecular complexity index is 514. The van der Waals surface area contributed by atoms with Crippen molar-refractivity contribution in [3.8, 4) is 5.75 Å². The summed E-state index contributed by atoms with van der Waals surface area (Å²) in [7, 11) is 0. The van der Waals surface area contributed by atoms with Crippen LogP contribution in [0.5, 0.6) is 5.75 Å². The molecule has 1 aliphatic carbocycles. The van der Waals surface area contributed by atoms with Gasteiger partial charge in [-0.3, -0.25) is 0 Å². The molecular weight excluding hydrogens is 325 g/mol. The van der Waals surface area contributed by atoms with E-state index in [4.69, 9.17) is 4.74 Å². The van der Waals surface area contributed by atoms with Gasteiger partial charge in [-0.2, -0.15) is 0 Å². The molecule has 1 fully saturated rings. The standard InChI is InChI=1S/C16H21F3N2O3/c17-16(18,19)24-14-8-6-12(7-9-14)21-15(22)20-10-3-11-23-13-4-1-2-5-13/h6-9,13H,1-5,10-11H2,(H2,20,21,22). The Labute approximate surface area is 138 Å². The molecular formula is C16H21F3N2O3. The van der Waals surface area contributed by atoms with Gasteiger partial charge < -0.3 is 20.1 Å². The highest BCUT2D eigenvalue weighted by molar-refractivity contribution is 5.89. The van der Waals surface area contributed by atoms with Crippen molar-refractivity contribution in [2.75, 3.05) is 18.5 Å². The van der Waals surface area contributed by atoms with Gasteiger partial charge in [0.05, 0.1) is 6.10 Å². The number of benzene rings is 1. The summed E-state index contributed by atoms with van der Waals surface area (Å²) in [5.74, 6) is -0.336. The molecule has 0 radical (unpaired) electrons. The number of hydrogen-bond donors (Lipinski definition) is 2. The zero-order valence-electron chi connectivity index (χ0n) is 13.2. The Kier molecular flexibility index (Phi) is 6.72. The monoisotopic (exact) mass is 346 g/mol. The van der Waals surface area contributed by atoms with Gasteiger partial charge in [0.15, 0.2) is 0 Å². The second-order valence-electron chi connectivity index (χ2n) is 5.58. The maximum atomic E-state index is 12.0. The van der Waals surface area contributed by atoms with E-state index in [9.17, 15) is 18.0 Å². The fraction of sp³-hybridized carbons (Fsp3) is 0.562. The minimum Gasteiger partial charge on any atom is -0.406 e. The average Bonchev–Trinajstić information content (AvgIpc) is 3.01. The molecule has 0 aliphatic heterocycles. The lowest BCUT2D eigenvalue weighted by atomic mass is 10.3. The number of carbonyl (C=O) groups excluding carboxylic acids is 1. The van der Waals surface area contributed by atoms with Crippen LogP contribution in [0.25, 0.3) is 0 Å². The van der Waals surface area contributed by atoms with Gasteiger partial charge in [0.2, 0.25) is 0 Å². The van der Waals surface area contributed by atoms with Crippen LogP contribution in [0.1, 0.15) is 32.1 Å². The average molecular weight is 346 g/mol. The molecule has 8 heteroatoms. The third-order valence-electron chi connectivity index (χ3n) is 3.61. The van der Waals surface area contributed by atoms with Crippen molar-refractivity contribution in [1.82, 2.24) is 5.32 Å². The largest absolute Gasteiger partial charge is 0.573 e. The van der Waals surface area contributed by atoms with Gasteiger partial charge in [0, 0.05) is 18.8 Å². The first-order valence-electron chi connectivity index (χ1n) is 7.95. The highest BCUT2D eigenvalue weighted by Gasteiger charge is 2.30. The summed E-state index contributed by atoms with van der Waals surface area (Å²) in [6, 6.07) is 4.53. The summed E-state index contributed by atoms with van der Waals surface area (Å²) in [4.78, 5) is 11.7. The van der Waals surface area contributed by atoms with Crippen LogP contribution >= 0.6 is 0 Å². The lowest BCUT2D eigenvalue weighted by Gasteiger charge is -2.12. The van der Waals surface area contributed by atoms with Gasteiger partial charge in [0.25, 0.3) is 0 Å². The first kappa shape index (κ1) is 18.4. The van der Waals surface area contributed by atoms with Gasteiger partial charge in [-0.1, -0.05) is 12.8 Å². The summed E-state index contributed by atoms with van der Waals surface area (Å²) >= 11 is 0. The third kappa shape index (κ3) is 7.08. The van der Waals surface area contributed by atoms with Gasteiger partial charge in [-0.25, -0.2) is 4.79 Å². The maximum absolute atomic E-state index is 12.0. The fourth-order valence-electron chi connectivity index (χ4n) is 2.49. The van der Waals surface area contributed by atoms with E-state index in [0.717, 1.165) is 25.0 Å². The molecule has 1 aliphatic rings. The van der Waals surface area contributed by atoms with E-state index in [2.05, 4.69) is 15.4 Å². The van der Waals surface area contributed by atoms with Crippen LogP contribution in [0.2, 0.25) is 0 Å². The second-order valence-corrected chi connectivity index (χ2v) is 5.58. The highest BCUT2D eigenvalue weighted by Crippen LogP contribution is 2.24. The molecule has 2 N–H and O–H groups in total. The van der Waals surface area contributed by atoms with Gasteiger partial charge >= 0.3 is 12.4 Å². The molecule has 1 aromatic carbocycles. The van der Waals surface area contributed by atoms with E-state index >= 15 is 0 Å². The Morgan fingerprint density at radius 3 is 2.46 bits per heavy atom. The SMILES string of the molecule is O=C(NCCCOC1CCCC1)Nc1ccc(OC(F)(F)F)cc1. The van der Waals surface area contributed by atoms with Crippen LogP contribution in [-0.4, -0.2) is 31.6 Å². The van der Waals surface area contributed by atoms with E-state index in [1.54, 1.807) is 0 Å². The third-order valence-corrected chi connectivity index (χ3v) is 3.61. The lowest BCUT2D eigenvalue weighted by molar-refractivity contribution is -0.274. The molecule has 1 aromatic rings. The molecule has 0 aromatic heterocycles. The number of ether oxygens (including phenoxy) is 2. The Balaban J connectivity index is 1.61. The fourth-order valence-corrected chi connectivity index (χ4v) is 2.49. The molecule has 0 bridgehead atoms. The number of alkyl halides is 3. The number of rotatable bonds is 7. The number of amides is 2. The molecule has 0 unspecified atom stereocenters. The molecule has 0 spiro atoms. The van der Waals surface area contributed by atoms with Crippen LogP contribution in [0.3, 0.4) is 0 Å². The smallest absolute Gasteiger partial charge is 0.406 e. The number of carbonyl (C=O) groups is 1. The number of urea groups is 1. The molecule has 24 heavy (non-hydrogen) atoms. The maximum Gasteiger partial charge on any atom is 0.573 e. The van der Waals surface area contributed by atoms with Crippen LogP contribution in [0.15, 0.2) is 24.3 Å². The van der Waals surface area contributed by atoms with Crippen LogP contribution in [-0.2, 0) is 4.74 Å². The molecule has 2 amide bonds. The van der Waals surface area contributed by atoms with E-state index in [1.807, 2.05) is 0 Å². The number of hydrogen-bond acceptors (Lipinski definition) is 3. The summed E-state index contributed by atoms with van der Waals surface area (Å²) in [6.45, 7) is 1.07. The number of halogens is 3. The summed E-state index contributed by atoms with van der Waals surface area (Å²) < 4.78 is 45.6. The predicted molar refractivity (Wildman–Crippen MR) is 83.0 cm³/mol. The second kappa shape index (κ2) is 8.77. The minimum absolute atomic E-state index is 0.336. The van der Waals surface area contributed by atoms with Crippen molar-refractivity contribution in [2.24, 2.45) is 0 Å². The first-order chi connectivity index (χ1) is 11.4. The van der Waals surface area contributed by atoms with Crippen molar-refractivity contribution in [1.29, 1.82) is 0 Å². The molecule has 1 saturated carbocycles. The van der Waals surface area contributed by atoms with Gasteiger partial charge in [0.1, 0.15) is 5.75 Å². The van der Waals surface area contributed by atoms with E-state index in [0.29, 0.717) is 31.4 Å². The molecule has 2 rings (SSSR count). The molecule has 0 saturated heterocycles. The minimum atomic E-state index is -4.73. The Hall–Kier alpha value is -1.96. The predicted octanol–water partition coefficient (Wildman–Crippen LogP) is 4.06. The van der Waals surface area contributed by atoms with Crippen LogP contribution in [0.4, 0.5) is 23.7 Å². The highest BCUT2D eigenvalue weighted by atomic mass is 19.4. The summed E-state index contributed by atoms with van der Waals surface area (Å²) in [5.41, 5.74) is 0.379. The zero-order chi connectivity index (χ0) is 17.4. The number of nitrogens with one attached hydrogen (secondary N) is 2. The lowest BCUT2D eigenvalue weighted by Crippen LogP contribution is -2.30. The van der Waals surface area contributed by atoms with Gasteiger partial charge in [-0.15, -0.1) is 13.2 Å². The van der Waals surface area contributed by atoms with E-state index < -0.39 is 12.4 Å². The Morgan fingerprint density at radius 1 is 1.17 bits per heavy atom. The zero-order valence-corrected chi connectivity index (χ0v) is 13.2. The van der Waals surface area contributed by atoms with Crippen molar-refractivity contribution in [3.05, 3.63) is 24.3 Å². The number of anilines is 1. The van der Waals surface area contributed by atoms with Crippen LogP contribution in [0, 0.1) is 0 Å². The van der Waals surface area contributed by atoms with Crippen molar-refractivity contribution in [2.45, 2.75) is 44.6 Å². The van der Waals surface area contributed by atoms with E-state index in [-0.39, 0.29) is 5.75 Å². The van der Waals surface area contributed by atoms with Crippen molar-refractivity contribution < 1.29 is 27.4 Å². The summed E-state index contributed by atoms with van der Waals surface area (Å²) in [6.07, 6.45) is 1.01. The van der Waals surface area contributed by atoms with E-state index in [1.165, 1.54) is 25.0 Å². The normalized spacial score (nSPS) is 15.3. The van der Waals surface area contributed by atoms with Crippen molar-refractivity contribution in [3.63, 3.8) is 0 Å².